The van der Waals surface area contributed by atoms with Crippen molar-refractivity contribution in [3.8, 4) is 0 Å². The summed E-state index contributed by atoms with van der Waals surface area (Å²) in [5, 5.41) is 13.4. The SMILES string of the molecule is CC(CN1CCCCC1)NCC(O)COC1CCCC1. The number of hydrogen-bond acceptors (Lipinski definition) is 4. The quantitative estimate of drug-likeness (QED) is 0.713. The van der Waals surface area contributed by atoms with Gasteiger partial charge in [0.25, 0.3) is 0 Å². The molecule has 0 spiro atoms. The van der Waals surface area contributed by atoms with Gasteiger partial charge in [-0.3, -0.25) is 0 Å². The molecule has 1 saturated carbocycles. The summed E-state index contributed by atoms with van der Waals surface area (Å²) in [7, 11) is 0. The predicted molar refractivity (Wildman–Crippen MR) is 82.0 cm³/mol. The Labute approximate surface area is 123 Å². The van der Waals surface area contributed by atoms with Crippen LogP contribution in [-0.4, -0.2) is 61.0 Å². The highest BCUT2D eigenvalue weighted by Gasteiger charge is 2.18. The van der Waals surface area contributed by atoms with Crippen LogP contribution in [0.5, 0.6) is 0 Å². The number of hydrogen-bond donors (Lipinski definition) is 2. The molecule has 20 heavy (non-hydrogen) atoms. The molecule has 0 radical (unpaired) electrons. The van der Waals surface area contributed by atoms with Crippen molar-refractivity contribution >= 4 is 0 Å². The van der Waals surface area contributed by atoms with Crippen LogP contribution in [0.3, 0.4) is 0 Å². The van der Waals surface area contributed by atoms with Crippen molar-refractivity contribution in [3.63, 3.8) is 0 Å². The summed E-state index contributed by atoms with van der Waals surface area (Å²) in [4.78, 5) is 2.53. The summed E-state index contributed by atoms with van der Waals surface area (Å²) in [5.41, 5.74) is 0. The number of piperidine rings is 1. The fourth-order valence-electron chi connectivity index (χ4n) is 3.29. The summed E-state index contributed by atoms with van der Waals surface area (Å²) in [5.74, 6) is 0. The molecule has 1 saturated heterocycles. The predicted octanol–water partition coefficient (Wildman–Crippen LogP) is 1.77. The minimum Gasteiger partial charge on any atom is -0.389 e. The fourth-order valence-corrected chi connectivity index (χ4v) is 3.29. The Hall–Kier alpha value is -0.160. The number of nitrogens with zero attached hydrogens (tertiary/aromatic N) is 1. The molecule has 0 aromatic heterocycles. The Morgan fingerprint density at radius 1 is 1.15 bits per heavy atom. The highest BCUT2D eigenvalue weighted by atomic mass is 16.5. The van der Waals surface area contributed by atoms with Crippen molar-refractivity contribution in [1.29, 1.82) is 0 Å². The van der Waals surface area contributed by atoms with Gasteiger partial charge in [0.15, 0.2) is 0 Å². The van der Waals surface area contributed by atoms with E-state index in [2.05, 4.69) is 17.1 Å². The van der Waals surface area contributed by atoms with E-state index in [4.69, 9.17) is 4.74 Å². The van der Waals surface area contributed by atoms with E-state index in [1.165, 1.54) is 58.0 Å². The number of rotatable bonds is 8. The highest BCUT2D eigenvalue weighted by Crippen LogP contribution is 2.20. The van der Waals surface area contributed by atoms with Crippen molar-refractivity contribution in [2.75, 3.05) is 32.8 Å². The van der Waals surface area contributed by atoms with Gasteiger partial charge in [0.05, 0.1) is 18.8 Å². The van der Waals surface area contributed by atoms with Crippen molar-refractivity contribution in [2.24, 2.45) is 0 Å². The van der Waals surface area contributed by atoms with Crippen LogP contribution < -0.4 is 5.32 Å². The van der Waals surface area contributed by atoms with E-state index in [1.54, 1.807) is 0 Å². The van der Waals surface area contributed by atoms with Gasteiger partial charge < -0.3 is 20.1 Å². The lowest BCUT2D eigenvalue weighted by molar-refractivity contribution is -0.00642. The molecule has 2 N–H and O–H groups in total. The van der Waals surface area contributed by atoms with E-state index in [-0.39, 0.29) is 6.10 Å². The summed E-state index contributed by atoms with van der Waals surface area (Å²) in [6, 6.07) is 0.439. The third-order valence-electron chi connectivity index (χ3n) is 4.51. The highest BCUT2D eigenvalue weighted by molar-refractivity contribution is 4.73. The van der Waals surface area contributed by atoms with Gasteiger partial charge in [-0.15, -0.1) is 0 Å². The standard InChI is InChI=1S/C16H32N2O2/c1-14(12-18-9-5-2-6-10-18)17-11-15(19)13-20-16-7-3-4-8-16/h14-17,19H,2-13H2,1H3. The first-order valence-corrected chi connectivity index (χ1v) is 8.49. The molecule has 2 unspecified atom stereocenters. The zero-order valence-electron chi connectivity index (χ0n) is 13.0. The van der Waals surface area contributed by atoms with Gasteiger partial charge in [-0.05, 0) is 45.7 Å². The Bertz CT molecular complexity index is 251. The van der Waals surface area contributed by atoms with Crippen molar-refractivity contribution < 1.29 is 9.84 Å². The fraction of sp³-hybridized carbons (Fsp3) is 1.00. The van der Waals surface area contributed by atoms with E-state index in [1.807, 2.05) is 0 Å². The third-order valence-corrected chi connectivity index (χ3v) is 4.51. The number of nitrogens with one attached hydrogen (secondary N) is 1. The Balaban J connectivity index is 1.51. The van der Waals surface area contributed by atoms with Crippen LogP contribution in [0.4, 0.5) is 0 Å². The van der Waals surface area contributed by atoms with Gasteiger partial charge in [0, 0.05) is 19.1 Å². The molecule has 1 aliphatic carbocycles. The van der Waals surface area contributed by atoms with E-state index in [0.717, 1.165) is 6.54 Å². The lowest BCUT2D eigenvalue weighted by atomic mass is 10.1. The topological polar surface area (TPSA) is 44.7 Å². The molecule has 0 bridgehead atoms. The maximum Gasteiger partial charge on any atom is 0.0897 e. The number of aliphatic hydroxyl groups excluding tert-OH is 1. The number of ether oxygens (including phenoxy) is 1. The van der Waals surface area contributed by atoms with Crippen LogP contribution in [-0.2, 0) is 4.74 Å². The number of aliphatic hydroxyl groups is 1. The number of likely N-dealkylation sites (tertiary alicyclic amines) is 1. The summed E-state index contributed by atoms with van der Waals surface area (Å²) < 4.78 is 5.75. The molecule has 1 heterocycles. The lowest BCUT2D eigenvalue weighted by Gasteiger charge is -2.29. The molecular formula is C16H32N2O2. The first kappa shape index (κ1) is 16.2. The van der Waals surface area contributed by atoms with Crippen molar-refractivity contribution in [3.05, 3.63) is 0 Å². The third kappa shape index (κ3) is 6.08. The average Bonchev–Trinajstić information content (AvgIpc) is 2.97. The molecule has 2 atom stereocenters. The van der Waals surface area contributed by atoms with Gasteiger partial charge in [-0.1, -0.05) is 19.3 Å². The molecule has 2 aliphatic rings. The monoisotopic (exact) mass is 284 g/mol. The Morgan fingerprint density at radius 2 is 1.85 bits per heavy atom. The van der Waals surface area contributed by atoms with Gasteiger partial charge >= 0.3 is 0 Å². The Morgan fingerprint density at radius 3 is 2.55 bits per heavy atom. The van der Waals surface area contributed by atoms with E-state index < -0.39 is 0 Å². The molecule has 118 valence electrons. The molecule has 1 aliphatic heterocycles. The molecule has 0 amide bonds. The largest absolute Gasteiger partial charge is 0.389 e. The van der Waals surface area contributed by atoms with Crippen molar-refractivity contribution in [2.45, 2.75) is 70.1 Å². The van der Waals surface area contributed by atoms with Crippen LogP contribution in [0.1, 0.15) is 51.9 Å². The first-order valence-electron chi connectivity index (χ1n) is 8.49. The molecule has 0 aromatic carbocycles. The lowest BCUT2D eigenvalue weighted by Crippen LogP contribution is -2.44. The first-order chi connectivity index (χ1) is 9.74. The maximum atomic E-state index is 9.96. The molecule has 0 aromatic rings. The van der Waals surface area contributed by atoms with E-state index in [0.29, 0.717) is 25.3 Å². The minimum absolute atomic E-state index is 0.376. The average molecular weight is 284 g/mol. The maximum absolute atomic E-state index is 9.96. The van der Waals surface area contributed by atoms with Gasteiger partial charge in [-0.2, -0.15) is 0 Å². The molecule has 2 fully saturated rings. The summed E-state index contributed by atoms with van der Waals surface area (Å²) in [6.45, 7) is 6.89. The van der Waals surface area contributed by atoms with E-state index >= 15 is 0 Å². The summed E-state index contributed by atoms with van der Waals surface area (Å²) >= 11 is 0. The smallest absolute Gasteiger partial charge is 0.0897 e. The zero-order chi connectivity index (χ0) is 14.2. The van der Waals surface area contributed by atoms with Gasteiger partial charge in [0.2, 0.25) is 0 Å². The van der Waals surface area contributed by atoms with Crippen LogP contribution in [0.2, 0.25) is 0 Å². The van der Waals surface area contributed by atoms with Gasteiger partial charge in [0.1, 0.15) is 0 Å². The molecular weight excluding hydrogens is 252 g/mol. The van der Waals surface area contributed by atoms with Crippen LogP contribution >= 0.6 is 0 Å². The van der Waals surface area contributed by atoms with Crippen LogP contribution in [0.15, 0.2) is 0 Å². The molecule has 4 heteroatoms. The van der Waals surface area contributed by atoms with E-state index in [9.17, 15) is 5.11 Å². The second-order valence-corrected chi connectivity index (χ2v) is 6.56. The molecule has 2 rings (SSSR count). The van der Waals surface area contributed by atoms with Crippen LogP contribution in [0.25, 0.3) is 0 Å². The minimum atomic E-state index is -0.376. The second-order valence-electron chi connectivity index (χ2n) is 6.56. The Kier molecular flexibility index (Phi) is 7.28. The molecule has 4 nitrogen and oxygen atoms in total. The van der Waals surface area contributed by atoms with Gasteiger partial charge in [-0.25, -0.2) is 0 Å². The summed E-state index contributed by atoms with van der Waals surface area (Å²) in [6.07, 6.45) is 8.99. The zero-order valence-corrected chi connectivity index (χ0v) is 13.0. The normalized spacial score (nSPS) is 24.9. The van der Waals surface area contributed by atoms with Crippen LogP contribution in [0, 0.1) is 0 Å². The second kappa shape index (κ2) is 8.98. The van der Waals surface area contributed by atoms with Crippen molar-refractivity contribution in [1.82, 2.24) is 10.2 Å².